The van der Waals surface area contributed by atoms with Crippen molar-refractivity contribution in [2.75, 3.05) is 6.54 Å². The Hall–Kier alpha value is -1.72. The molecule has 0 aliphatic heterocycles. The first-order valence-electron chi connectivity index (χ1n) is 6.09. The van der Waals surface area contributed by atoms with Gasteiger partial charge < -0.3 is 5.73 Å². The maximum atomic E-state index is 5.68. The second-order valence-electron chi connectivity index (χ2n) is 4.30. The molecular weight excluding hydrogens is 304 g/mol. The van der Waals surface area contributed by atoms with Crippen LogP contribution >= 0.6 is 15.9 Å². The van der Waals surface area contributed by atoms with Crippen molar-refractivity contribution in [2.24, 2.45) is 5.73 Å². The Labute approximate surface area is 119 Å². The van der Waals surface area contributed by atoms with E-state index >= 15 is 0 Å². The fraction of sp³-hybridized carbons (Fsp3) is 0.143. The summed E-state index contributed by atoms with van der Waals surface area (Å²) in [5, 5.41) is 8.44. The lowest BCUT2D eigenvalue weighted by molar-refractivity contribution is 0.808. The topological polar surface area (TPSA) is 56.7 Å². The van der Waals surface area contributed by atoms with E-state index in [1.165, 1.54) is 0 Å². The zero-order valence-electron chi connectivity index (χ0n) is 10.3. The molecule has 2 N–H and O–H groups in total. The molecule has 0 fully saturated rings. The van der Waals surface area contributed by atoms with Gasteiger partial charge in [0, 0.05) is 4.47 Å². The monoisotopic (exact) mass is 316 g/mol. The third-order valence-corrected chi connectivity index (χ3v) is 3.53. The predicted molar refractivity (Wildman–Crippen MR) is 79.3 cm³/mol. The molecular formula is C14H13BrN4. The van der Waals surface area contributed by atoms with Gasteiger partial charge in [0.25, 0.3) is 0 Å². The highest BCUT2D eigenvalue weighted by atomic mass is 79.9. The Balaban J connectivity index is 2.21. The van der Waals surface area contributed by atoms with E-state index in [9.17, 15) is 0 Å². The number of nitrogens with zero attached hydrogens (tertiary/aromatic N) is 3. The van der Waals surface area contributed by atoms with Crippen LogP contribution in [0.5, 0.6) is 0 Å². The first-order valence-corrected chi connectivity index (χ1v) is 6.88. The minimum absolute atomic E-state index is 0.607. The van der Waals surface area contributed by atoms with Gasteiger partial charge in [-0.05, 0) is 48.9 Å². The van der Waals surface area contributed by atoms with Crippen LogP contribution in [0.4, 0.5) is 0 Å². The van der Waals surface area contributed by atoms with E-state index in [4.69, 9.17) is 5.73 Å². The van der Waals surface area contributed by atoms with Crippen LogP contribution in [0.1, 0.15) is 5.56 Å². The largest absolute Gasteiger partial charge is 0.330 e. The summed E-state index contributed by atoms with van der Waals surface area (Å²) < 4.78 is 2.91. The highest BCUT2D eigenvalue weighted by Crippen LogP contribution is 2.23. The highest BCUT2D eigenvalue weighted by Gasteiger charge is 2.10. The van der Waals surface area contributed by atoms with Crippen molar-refractivity contribution in [1.29, 1.82) is 0 Å². The lowest BCUT2D eigenvalue weighted by Gasteiger charge is -2.09. The summed E-state index contributed by atoms with van der Waals surface area (Å²) in [4.78, 5) is 0. The normalized spacial score (nSPS) is 11.1. The van der Waals surface area contributed by atoms with Crippen LogP contribution in [0.2, 0.25) is 0 Å². The number of para-hydroxylation sites is 1. The van der Waals surface area contributed by atoms with Gasteiger partial charge in [0.2, 0.25) is 0 Å². The molecule has 0 amide bonds. The number of hydrogen-bond donors (Lipinski definition) is 1. The Bertz CT molecular complexity index is 720. The van der Waals surface area contributed by atoms with Crippen molar-refractivity contribution < 1.29 is 0 Å². The van der Waals surface area contributed by atoms with Crippen molar-refractivity contribution in [3.05, 3.63) is 52.5 Å². The molecule has 3 aromatic rings. The molecule has 0 radical (unpaired) electrons. The highest BCUT2D eigenvalue weighted by molar-refractivity contribution is 9.10. The molecule has 0 bridgehead atoms. The van der Waals surface area contributed by atoms with Crippen LogP contribution in [0.25, 0.3) is 16.7 Å². The number of benzene rings is 2. The molecule has 0 spiro atoms. The van der Waals surface area contributed by atoms with Gasteiger partial charge in [0.05, 0.1) is 11.2 Å². The van der Waals surface area contributed by atoms with E-state index in [1.54, 1.807) is 0 Å². The van der Waals surface area contributed by atoms with Gasteiger partial charge in [-0.1, -0.05) is 33.3 Å². The standard InChI is InChI=1S/C14H13BrN4/c15-11-5-6-13(10(9-11)7-8-16)19-14-4-2-1-3-12(14)17-18-19/h1-6,9H,7-8,16H2. The Kier molecular flexibility index (Phi) is 3.31. The van der Waals surface area contributed by atoms with Crippen molar-refractivity contribution in [2.45, 2.75) is 6.42 Å². The first kappa shape index (κ1) is 12.3. The summed E-state index contributed by atoms with van der Waals surface area (Å²) in [5.41, 5.74) is 9.77. The summed E-state index contributed by atoms with van der Waals surface area (Å²) in [7, 11) is 0. The molecule has 4 nitrogen and oxygen atoms in total. The van der Waals surface area contributed by atoms with E-state index < -0.39 is 0 Å². The Morgan fingerprint density at radius 3 is 2.84 bits per heavy atom. The molecule has 19 heavy (non-hydrogen) atoms. The molecule has 2 aromatic carbocycles. The van der Waals surface area contributed by atoms with Gasteiger partial charge in [-0.15, -0.1) is 5.10 Å². The number of fused-ring (bicyclic) bond motifs is 1. The van der Waals surface area contributed by atoms with Crippen LogP contribution in [0, 0.1) is 0 Å². The lowest BCUT2D eigenvalue weighted by Crippen LogP contribution is -2.07. The number of aromatic nitrogens is 3. The summed E-state index contributed by atoms with van der Waals surface area (Å²) in [6.07, 6.45) is 0.808. The zero-order valence-corrected chi connectivity index (χ0v) is 11.8. The lowest BCUT2D eigenvalue weighted by atomic mass is 10.1. The summed E-state index contributed by atoms with van der Waals surface area (Å²) >= 11 is 3.49. The van der Waals surface area contributed by atoms with E-state index in [2.05, 4.69) is 32.3 Å². The summed E-state index contributed by atoms with van der Waals surface area (Å²) in [5.74, 6) is 0. The minimum atomic E-state index is 0.607. The average Bonchev–Trinajstić information content (AvgIpc) is 2.83. The van der Waals surface area contributed by atoms with Gasteiger partial charge >= 0.3 is 0 Å². The fourth-order valence-electron chi connectivity index (χ4n) is 2.16. The van der Waals surface area contributed by atoms with Crippen molar-refractivity contribution >= 4 is 27.0 Å². The van der Waals surface area contributed by atoms with Crippen LogP contribution in [0.3, 0.4) is 0 Å². The van der Waals surface area contributed by atoms with Gasteiger partial charge in [-0.25, -0.2) is 4.68 Å². The van der Waals surface area contributed by atoms with E-state index in [0.717, 1.165) is 33.2 Å². The molecule has 0 atom stereocenters. The molecule has 0 saturated heterocycles. The van der Waals surface area contributed by atoms with E-state index in [0.29, 0.717) is 6.54 Å². The summed E-state index contributed by atoms with van der Waals surface area (Å²) in [6.45, 7) is 0.607. The van der Waals surface area contributed by atoms with Gasteiger partial charge in [0.1, 0.15) is 5.52 Å². The second-order valence-corrected chi connectivity index (χ2v) is 5.22. The maximum Gasteiger partial charge on any atom is 0.113 e. The Morgan fingerprint density at radius 1 is 1.16 bits per heavy atom. The molecule has 1 heterocycles. The van der Waals surface area contributed by atoms with E-state index in [1.807, 2.05) is 41.1 Å². The van der Waals surface area contributed by atoms with Crippen LogP contribution in [-0.4, -0.2) is 21.5 Å². The number of hydrogen-bond acceptors (Lipinski definition) is 3. The molecule has 3 rings (SSSR count). The fourth-order valence-corrected chi connectivity index (χ4v) is 2.57. The van der Waals surface area contributed by atoms with Crippen molar-refractivity contribution in [3.63, 3.8) is 0 Å². The van der Waals surface area contributed by atoms with Crippen LogP contribution in [0.15, 0.2) is 46.9 Å². The zero-order chi connectivity index (χ0) is 13.2. The van der Waals surface area contributed by atoms with Crippen molar-refractivity contribution in [1.82, 2.24) is 15.0 Å². The summed E-state index contributed by atoms with van der Waals surface area (Å²) in [6, 6.07) is 14.1. The number of rotatable bonds is 3. The molecule has 0 aliphatic rings. The molecule has 0 aliphatic carbocycles. The average molecular weight is 317 g/mol. The predicted octanol–water partition coefficient (Wildman–Crippen LogP) is 2.68. The molecule has 0 saturated carbocycles. The van der Waals surface area contributed by atoms with Gasteiger partial charge in [0.15, 0.2) is 0 Å². The second kappa shape index (κ2) is 5.11. The van der Waals surface area contributed by atoms with Crippen molar-refractivity contribution in [3.8, 4) is 5.69 Å². The number of nitrogens with two attached hydrogens (primary N) is 1. The maximum absolute atomic E-state index is 5.68. The molecule has 5 heteroatoms. The first-order chi connectivity index (χ1) is 9.29. The van der Waals surface area contributed by atoms with Crippen LogP contribution < -0.4 is 5.73 Å². The minimum Gasteiger partial charge on any atom is -0.330 e. The molecule has 96 valence electrons. The third kappa shape index (κ3) is 2.27. The van der Waals surface area contributed by atoms with E-state index in [-0.39, 0.29) is 0 Å². The van der Waals surface area contributed by atoms with Gasteiger partial charge in [-0.3, -0.25) is 0 Å². The number of halogens is 1. The SMILES string of the molecule is NCCc1cc(Br)ccc1-n1nnc2ccccc21. The third-order valence-electron chi connectivity index (χ3n) is 3.04. The quantitative estimate of drug-likeness (QED) is 0.808. The van der Waals surface area contributed by atoms with Crippen LogP contribution in [-0.2, 0) is 6.42 Å². The van der Waals surface area contributed by atoms with Gasteiger partial charge in [-0.2, -0.15) is 0 Å². The molecule has 1 aromatic heterocycles. The smallest absolute Gasteiger partial charge is 0.113 e. The Morgan fingerprint density at radius 2 is 2.00 bits per heavy atom. The molecule has 0 unspecified atom stereocenters.